The van der Waals surface area contributed by atoms with Gasteiger partial charge in [0.1, 0.15) is 12.6 Å². The second kappa shape index (κ2) is 11.9. The quantitative estimate of drug-likeness (QED) is 0.495. The average Bonchev–Trinajstić information content (AvgIpc) is 2.74. The molecule has 0 fully saturated rings. The van der Waals surface area contributed by atoms with Crippen LogP contribution < -0.4 is 9.62 Å². The number of carbonyl (C=O) groups excluding carboxylic acids is 2. The van der Waals surface area contributed by atoms with Crippen LogP contribution in [0.25, 0.3) is 0 Å². The number of benzene rings is 2. The van der Waals surface area contributed by atoms with Crippen LogP contribution in [0.2, 0.25) is 10.0 Å². The molecule has 0 aliphatic carbocycles. The smallest absolute Gasteiger partial charge is 0.244 e. The third-order valence-corrected chi connectivity index (χ3v) is 7.16. The summed E-state index contributed by atoms with van der Waals surface area (Å²) in [7, 11) is -3.86. The molecule has 0 saturated carbocycles. The molecule has 2 aromatic carbocycles. The van der Waals surface area contributed by atoms with E-state index < -0.39 is 28.5 Å². The molecule has 10 heteroatoms. The van der Waals surface area contributed by atoms with Crippen molar-refractivity contribution in [3.63, 3.8) is 0 Å². The third-order valence-electron chi connectivity index (χ3n) is 5.58. The fourth-order valence-corrected chi connectivity index (χ4v) is 4.66. The van der Waals surface area contributed by atoms with Crippen molar-refractivity contribution in [3.05, 3.63) is 63.6 Å². The molecule has 0 radical (unpaired) electrons. The highest BCUT2D eigenvalue weighted by Crippen LogP contribution is 2.27. The molecule has 0 aliphatic heterocycles. The van der Waals surface area contributed by atoms with Crippen LogP contribution in [-0.4, -0.2) is 50.0 Å². The molecule has 0 aliphatic rings. The molecule has 1 N–H and O–H groups in total. The zero-order chi connectivity index (χ0) is 25.6. The first-order valence-electron chi connectivity index (χ1n) is 10.9. The number of hydrogen-bond acceptors (Lipinski definition) is 4. The Morgan fingerprint density at radius 2 is 1.65 bits per heavy atom. The average molecular weight is 529 g/mol. The molecule has 7 nitrogen and oxygen atoms in total. The van der Waals surface area contributed by atoms with Crippen LogP contribution in [0, 0.1) is 6.92 Å². The lowest BCUT2D eigenvalue weighted by molar-refractivity contribution is -0.139. The van der Waals surface area contributed by atoms with E-state index in [1.165, 1.54) is 23.1 Å². The summed E-state index contributed by atoms with van der Waals surface area (Å²) in [5, 5.41) is 3.37. The topological polar surface area (TPSA) is 86.8 Å². The first-order valence-corrected chi connectivity index (χ1v) is 13.5. The van der Waals surface area contributed by atoms with Gasteiger partial charge in [-0.3, -0.25) is 13.9 Å². The van der Waals surface area contributed by atoms with Crippen LogP contribution in [-0.2, 0) is 26.2 Å². The summed E-state index contributed by atoms with van der Waals surface area (Å²) in [5.41, 5.74) is 1.98. The molecule has 34 heavy (non-hydrogen) atoms. The van der Waals surface area contributed by atoms with Gasteiger partial charge in [-0.05, 0) is 56.5 Å². The van der Waals surface area contributed by atoms with E-state index in [1.807, 2.05) is 45.0 Å². The van der Waals surface area contributed by atoms with E-state index in [0.29, 0.717) is 0 Å². The Morgan fingerprint density at radius 3 is 2.18 bits per heavy atom. The summed E-state index contributed by atoms with van der Waals surface area (Å²) in [6.07, 6.45) is 1.74. The lowest BCUT2D eigenvalue weighted by Crippen LogP contribution is -2.52. The molecule has 0 unspecified atom stereocenters. The van der Waals surface area contributed by atoms with E-state index in [4.69, 9.17) is 23.2 Å². The summed E-state index contributed by atoms with van der Waals surface area (Å²) in [4.78, 5) is 27.8. The van der Waals surface area contributed by atoms with Crippen molar-refractivity contribution in [2.75, 3.05) is 17.1 Å². The molecule has 0 saturated heterocycles. The highest BCUT2D eigenvalue weighted by molar-refractivity contribution is 7.92. The molecule has 0 heterocycles. The first kappa shape index (κ1) is 28.0. The second-order valence-electron chi connectivity index (χ2n) is 8.34. The molecule has 2 rings (SSSR count). The largest absolute Gasteiger partial charge is 0.352 e. The number of carbonyl (C=O) groups is 2. The van der Waals surface area contributed by atoms with E-state index in [2.05, 4.69) is 5.32 Å². The fourth-order valence-electron chi connectivity index (χ4n) is 3.32. The van der Waals surface area contributed by atoms with Crippen molar-refractivity contribution in [2.24, 2.45) is 0 Å². The lowest BCUT2D eigenvalue weighted by Gasteiger charge is -2.32. The van der Waals surface area contributed by atoms with Gasteiger partial charge in [0.05, 0.1) is 11.9 Å². The summed E-state index contributed by atoms with van der Waals surface area (Å²) in [6, 6.07) is 11.0. The Labute approximate surface area is 212 Å². The van der Waals surface area contributed by atoms with Crippen LogP contribution >= 0.6 is 23.2 Å². The number of nitrogens with zero attached hydrogens (tertiary/aromatic N) is 2. The van der Waals surface area contributed by atoms with Crippen molar-refractivity contribution in [1.29, 1.82) is 0 Å². The minimum Gasteiger partial charge on any atom is -0.352 e. The summed E-state index contributed by atoms with van der Waals surface area (Å²) in [5.74, 6) is -0.843. The van der Waals surface area contributed by atoms with Crippen molar-refractivity contribution >= 4 is 50.7 Å². The number of nitrogens with one attached hydrogen (secondary N) is 1. The van der Waals surface area contributed by atoms with Gasteiger partial charge in [-0.25, -0.2) is 8.42 Å². The minimum atomic E-state index is -3.86. The van der Waals surface area contributed by atoms with Gasteiger partial charge in [-0.2, -0.15) is 0 Å². The van der Waals surface area contributed by atoms with E-state index in [1.54, 1.807) is 6.92 Å². The monoisotopic (exact) mass is 527 g/mol. The van der Waals surface area contributed by atoms with Crippen LogP contribution in [0.1, 0.15) is 38.3 Å². The van der Waals surface area contributed by atoms with Gasteiger partial charge in [-0.1, -0.05) is 54.4 Å². The van der Waals surface area contributed by atoms with Crippen LogP contribution in [0.5, 0.6) is 0 Å². The first-order chi connectivity index (χ1) is 15.8. The molecule has 0 aromatic heterocycles. The van der Waals surface area contributed by atoms with E-state index in [0.717, 1.165) is 28.1 Å². The molecular weight excluding hydrogens is 497 g/mol. The maximum absolute atomic E-state index is 13.5. The molecule has 0 spiro atoms. The normalized spacial score (nSPS) is 13.1. The fraction of sp³-hybridized carbons (Fsp3) is 0.417. The summed E-state index contributed by atoms with van der Waals surface area (Å²) < 4.78 is 26.1. The van der Waals surface area contributed by atoms with Crippen molar-refractivity contribution < 1.29 is 18.0 Å². The zero-order valence-electron chi connectivity index (χ0n) is 20.0. The Kier molecular flexibility index (Phi) is 9.79. The molecule has 2 amide bonds. The Bertz CT molecular complexity index is 1120. The second-order valence-corrected chi connectivity index (χ2v) is 11.1. The van der Waals surface area contributed by atoms with Gasteiger partial charge in [0.25, 0.3) is 0 Å². The molecule has 2 aromatic rings. The maximum Gasteiger partial charge on any atom is 0.244 e. The molecule has 186 valence electrons. The molecular formula is C24H31Cl2N3O4S. The van der Waals surface area contributed by atoms with Gasteiger partial charge in [0, 0.05) is 22.6 Å². The predicted molar refractivity (Wildman–Crippen MR) is 138 cm³/mol. The lowest BCUT2D eigenvalue weighted by atomic mass is 10.1. The zero-order valence-corrected chi connectivity index (χ0v) is 22.3. The SMILES string of the molecule is CC[C@H](C)NC(=O)[C@@H](C)N(Cc1ccccc1C)C(=O)CN(c1cc(Cl)cc(Cl)c1)S(C)(=O)=O. The van der Waals surface area contributed by atoms with E-state index in [-0.39, 0.29) is 34.2 Å². The minimum absolute atomic E-state index is 0.0634. The maximum atomic E-state index is 13.5. The summed E-state index contributed by atoms with van der Waals surface area (Å²) in [6.45, 7) is 7.02. The third kappa shape index (κ3) is 7.61. The number of amides is 2. The Balaban J connectivity index is 2.43. The number of aryl methyl sites for hydroxylation is 1. The highest BCUT2D eigenvalue weighted by atomic mass is 35.5. The summed E-state index contributed by atoms with van der Waals surface area (Å²) >= 11 is 12.1. The van der Waals surface area contributed by atoms with Crippen LogP contribution in [0.4, 0.5) is 5.69 Å². The van der Waals surface area contributed by atoms with E-state index >= 15 is 0 Å². The van der Waals surface area contributed by atoms with E-state index in [9.17, 15) is 18.0 Å². The van der Waals surface area contributed by atoms with Gasteiger partial charge < -0.3 is 10.2 Å². The van der Waals surface area contributed by atoms with Gasteiger partial charge >= 0.3 is 0 Å². The molecule has 0 bridgehead atoms. The predicted octanol–water partition coefficient (Wildman–Crippen LogP) is 4.40. The number of hydrogen-bond donors (Lipinski definition) is 1. The Morgan fingerprint density at radius 1 is 1.06 bits per heavy atom. The number of anilines is 1. The van der Waals surface area contributed by atoms with Crippen LogP contribution in [0.3, 0.4) is 0 Å². The standard InChI is InChI=1S/C24H31Cl2N3O4S/c1-6-17(3)27-24(31)18(4)28(14-19-10-8-7-9-16(19)2)23(30)15-29(34(5,32)33)22-12-20(25)11-21(26)13-22/h7-13,17-18H,6,14-15H2,1-5H3,(H,27,31)/t17-,18+/m0/s1. The Hall–Kier alpha value is -2.29. The highest BCUT2D eigenvalue weighted by Gasteiger charge is 2.30. The van der Waals surface area contributed by atoms with Crippen LogP contribution in [0.15, 0.2) is 42.5 Å². The van der Waals surface area contributed by atoms with Crippen molar-refractivity contribution in [3.8, 4) is 0 Å². The number of rotatable bonds is 10. The number of sulfonamides is 1. The van der Waals surface area contributed by atoms with Gasteiger partial charge in [0.15, 0.2) is 0 Å². The number of halogens is 2. The molecule has 2 atom stereocenters. The van der Waals surface area contributed by atoms with Gasteiger partial charge in [0.2, 0.25) is 21.8 Å². The van der Waals surface area contributed by atoms with Crippen molar-refractivity contribution in [1.82, 2.24) is 10.2 Å². The van der Waals surface area contributed by atoms with Gasteiger partial charge in [-0.15, -0.1) is 0 Å². The van der Waals surface area contributed by atoms with Crippen molar-refractivity contribution in [2.45, 2.75) is 52.7 Å².